The molecule has 0 atom stereocenters. The Hall–Kier alpha value is -0.410. The third-order valence-corrected chi connectivity index (χ3v) is 3.94. The summed E-state index contributed by atoms with van der Waals surface area (Å²) in [6, 6.07) is 3.78. The smallest absolute Gasteiger partial charge is 0.227 e. The lowest BCUT2D eigenvalue weighted by Crippen LogP contribution is -1.98. The van der Waals surface area contributed by atoms with Crippen LogP contribution in [0.3, 0.4) is 0 Å². The Kier molecular flexibility index (Phi) is 4.79. The van der Waals surface area contributed by atoms with Gasteiger partial charge in [0.15, 0.2) is 0 Å². The lowest BCUT2D eigenvalue weighted by molar-refractivity contribution is 0.412. The fourth-order valence-corrected chi connectivity index (χ4v) is 2.81. The van der Waals surface area contributed by atoms with Gasteiger partial charge < -0.3 is 10.1 Å². The Labute approximate surface area is 135 Å². The molecule has 0 unspecified atom stereocenters. The number of hydrogen-bond donors (Lipinski definition) is 1. The normalized spacial score (nSPS) is 10.2. The van der Waals surface area contributed by atoms with Gasteiger partial charge >= 0.3 is 0 Å². The average Bonchev–Trinajstić information content (AvgIpc) is 2.35. The van der Waals surface area contributed by atoms with Crippen molar-refractivity contribution >= 4 is 66.1 Å². The van der Waals surface area contributed by atoms with Gasteiger partial charge in [-0.1, -0.05) is 0 Å². The van der Waals surface area contributed by atoms with Crippen molar-refractivity contribution in [2.45, 2.75) is 0 Å². The number of anilines is 2. The fraction of sp³-hybridized carbons (Fsp3) is 0.0909. The molecule has 7 heteroatoms. The Morgan fingerprint density at radius 3 is 2.44 bits per heavy atom. The van der Waals surface area contributed by atoms with Crippen LogP contribution in [0, 0.1) is 3.57 Å². The van der Waals surface area contributed by atoms with E-state index in [-0.39, 0.29) is 0 Å². The van der Waals surface area contributed by atoms with Crippen LogP contribution in [0.25, 0.3) is 0 Å². The van der Waals surface area contributed by atoms with E-state index in [9.17, 15) is 0 Å². The molecular weight excluding hydrogens is 477 g/mol. The van der Waals surface area contributed by atoms with E-state index < -0.39 is 0 Å². The Bertz CT molecular complexity index is 563. The van der Waals surface area contributed by atoms with Gasteiger partial charge in [0.1, 0.15) is 5.75 Å². The number of nitrogens with one attached hydrogen (secondary N) is 1. The van der Waals surface area contributed by atoms with E-state index in [4.69, 9.17) is 4.74 Å². The molecule has 0 saturated carbocycles. The second-order valence-corrected chi connectivity index (χ2v) is 6.27. The average molecular weight is 485 g/mol. The van der Waals surface area contributed by atoms with Crippen LogP contribution in [-0.2, 0) is 0 Å². The molecule has 0 spiro atoms. The van der Waals surface area contributed by atoms with Gasteiger partial charge in [-0.25, -0.2) is 9.97 Å². The van der Waals surface area contributed by atoms with Gasteiger partial charge in [0.05, 0.1) is 17.3 Å². The number of halogens is 3. The first-order valence-corrected chi connectivity index (χ1v) is 7.54. The van der Waals surface area contributed by atoms with E-state index in [0.29, 0.717) is 5.95 Å². The number of rotatable bonds is 3. The molecular formula is C11H8Br2IN3O. The molecule has 1 heterocycles. The predicted molar refractivity (Wildman–Crippen MR) is 86.4 cm³/mol. The van der Waals surface area contributed by atoms with Gasteiger partial charge in [0.25, 0.3) is 0 Å². The minimum absolute atomic E-state index is 0.542. The lowest BCUT2D eigenvalue weighted by atomic mass is 10.3. The zero-order chi connectivity index (χ0) is 13.1. The van der Waals surface area contributed by atoms with Gasteiger partial charge in [-0.3, -0.25) is 0 Å². The van der Waals surface area contributed by atoms with Crippen LogP contribution in [0.15, 0.2) is 33.5 Å². The SMILES string of the molecule is COc1cc(Nc2ncc(I)cn2)c(Br)cc1Br. The summed E-state index contributed by atoms with van der Waals surface area (Å²) in [6.45, 7) is 0. The third-order valence-electron chi connectivity index (χ3n) is 2.11. The highest BCUT2D eigenvalue weighted by atomic mass is 127. The highest BCUT2D eigenvalue weighted by Crippen LogP contribution is 2.35. The van der Waals surface area contributed by atoms with Crippen molar-refractivity contribution in [1.82, 2.24) is 9.97 Å². The monoisotopic (exact) mass is 483 g/mol. The first-order valence-electron chi connectivity index (χ1n) is 4.87. The molecule has 94 valence electrons. The quantitative estimate of drug-likeness (QED) is 0.658. The number of methoxy groups -OCH3 is 1. The maximum Gasteiger partial charge on any atom is 0.227 e. The van der Waals surface area contributed by atoms with Crippen molar-refractivity contribution in [1.29, 1.82) is 0 Å². The maximum atomic E-state index is 5.25. The standard InChI is InChI=1S/C11H8Br2IN3O/c1-18-10-3-9(7(12)2-8(10)13)17-11-15-4-6(14)5-16-11/h2-5H,1H3,(H,15,16,17). The van der Waals surface area contributed by atoms with Crippen molar-refractivity contribution in [3.8, 4) is 5.75 Å². The summed E-state index contributed by atoms with van der Waals surface area (Å²) in [5.74, 6) is 1.28. The summed E-state index contributed by atoms with van der Waals surface area (Å²) in [6.07, 6.45) is 3.50. The van der Waals surface area contributed by atoms with Crippen molar-refractivity contribution in [3.05, 3.63) is 37.0 Å². The minimum atomic E-state index is 0.542. The maximum absolute atomic E-state index is 5.25. The van der Waals surface area contributed by atoms with E-state index in [1.807, 2.05) is 12.1 Å². The lowest BCUT2D eigenvalue weighted by Gasteiger charge is -2.10. The summed E-state index contributed by atoms with van der Waals surface area (Å²) < 4.78 is 8.02. The molecule has 0 aliphatic heterocycles. The molecule has 1 aromatic carbocycles. The van der Waals surface area contributed by atoms with Crippen LogP contribution >= 0.6 is 54.5 Å². The Morgan fingerprint density at radius 1 is 1.17 bits per heavy atom. The summed E-state index contributed by atoms with van der Waals surface area (Å²) in [5, 5.41) is 3.13. The highest BCUT2D eigenvalue weighted by Gasteiger charge is 2.08. The van der Waals surface area contributed by atoms with Crippen molar-refractivity contribution in [2.75, 3.05) is 12.4 Å². The van der Waals surface area contributed by atoms with E-state index in [0.717, 1.165) is 24.0 Å². The molecule has 0 saturated heterocycles. The topological polar surface area (TPSA) is 47.0 Å². The summed E-state index contributed by atoms with van der Waals surface area (Å²) in [4.78, 5) is 8.38. The molecule has 0 aliphatic carbocycles. The molecule has 1 N–H and O–H groups in total. The number of benzene rings is 1. The summed E-state index contributed by atoms with van der Waals surface area (Å²) >= 11 is 9.06. The van der Waals surface area contributed by atoms with Crippen molar-refractivity contribution < 1.29 is 4.74 Å². The van der Waals surface area contributed by atoms with Gasteiger partial charge in [-0.05, 0) is 60.5 Å². The second-order valence-electron chi connectivity index (χ2n) is 3.32. The van der Waals surface area contributed by atoms with Crippen LogP contribution in [0.4, 0.5) is 11.6 Å². The summed E-state index contributed by atoms with van der Waals surface area (Å²) in [5.41, 5.74) is 0.844. The molecule has 4 nitrogen and oxygen atoms in total. The van der Waals surface area contributed by atoms with Gasteiger partial charge in [-0.15, -0.1) is 0 Å². The Balaban J connectivity index is 2.31. The zero-order valence-corrected chi connectivity index (χ0v) is 14.6. The van der Waals surface area contributed by atoms with Crippen LogP contribution in [0.5, 0.6) is 5.75 Å². The Morgan fingerprint density at radius 2 is 1.83 bits per heavy atom. The first kappa shape index (κ1) is 14.0. The zero-order valence-electron chi connectivity index (χ0n) is 9.25. The fourth-order valence-electron chi connectivity index (χ4n) is 1.28. The molecule has 1 aromatic heterocycles. The number of hydrogen-bond acceptors (Lipinski definition) is 4. The van der Waals surface area contributed by atoms with Crippen LogP contribution < -0.4 is 10.1 Å². The number of ether oxygens (including phenoxy) is 1. The number of aromatic nitrogens is 2. The van der Waals surface area contributed by atoms with Crippen LogP contribution in [-0.4, -0.2) is 17.1 Å². The van der Waals surface area contributed by atoms with Crippen LogP contribution in [0.2, 0.25) is 0 Å². The second kappa shape index (κ2) is 6.16. The van der Waals surface area contributed by atoms with E-state index in [1.165, 1.54) is 0 Å². The molecule has 0 radical (unpaired) electrons. The molecule has 0 fully saturated rings. The summed E-state index contributed by atoms with van der Waals surface area (Å²) in [7, 11) is 1.62. The van der Waals surface area contributed by atoms with E-state index in [2.05, 4.69) is 69.7 Å². The van der Waals surface area contributed by atoms with E-state index >= 15 is 0 Å². The molecule has 0 bridgehead atoms. The molecule has 2 aromatic rings. The first-order chi connectivity index (χ1) is 8.60. The third kappa shape index (κ3) is 3.33. The molecule has 0 aliphatic rings. The van der Waals surface area contributed by atoms with Crippen molar-refractivity contribution in [3.63, 3.8) is 0 Å². The predicted octanol–water partition coefficient (Wildman–Crippen LogP) is 4.36. The number of nitrogens with zero attached hydrogens (tertiary/aromatic N) is 2. The van der Waals surface area contributed by atoms with Gasteiger partial charge in [0, 0.05) is 26.5 Å². The largest absolute Gasteiger partial charge is 0.495 e. The van der Waals surface area contributed by atoms with Gasteiger partial charge in [-0.2, -0.15) is 0 Å². The molecule has 2 rings (SSSR count). The molecule has 18 heavy (non-hydrogen) atoms. The van der Waals surface area contributed by atoms with Crippen molar-refractivity contribution in [2.24, 2.45) is 0 Å². The van der Waals surface area contributed by atoms with E-state index in [1.54, 1.807) is 19.5 Å². The molecule has 0 amide bonds. The van der Waals surface area contributed by atoms with Crippen LogP contribution in [0.1, 0.15) is 0 Å². The van der Waals surface area contributed by atoms with Gasteiger partial charge in [0.2, 0.25) is 5.95 Å². The highest BCUT2D eigenvalue weighted by molar-refractivity contribution is 14.1. The minimum Gasteiger partial charge on any atom is -0.495 e.